The maximum Gasteiger partial charge on any atom is 0.418 e. The Hall–Kier alpha value is -2.87. The number of likely N-dealkylation sites (N-methyl/N-ethyl adjacent to an activating group) is 1. The topological polar surface area (TPSA) is 62.6 Å². The monoisotopic (exact) mass is 408 g/mol. The molecule has 0 spiro atoms. The zero-order valence-corrected chi connectivity index (χ0v) is 16.6. The molecule has 0 aliphatic heterocycles. The van der Waals surface area contributed by atoms with E-state index in [-0.39, 0.29) is 24.7 Å². The molecule has 1 atom stereocenters. The predicted octanol–water partition coefficient (Wildman–Crippen LogP) is 2.80. The molecule has 0 saturated carbocycles. The molecular formula is C21H25F3N3O2+. The van der Waals surface area contributed by atoms with Crippen LogP contribution in [0.2, 0.25) is 0 Å². The summed E-state index contributed by atoms with van der Waals surface area (Å²) in [4.78, 5) is 25.2. The van der Waals surface area contributed by atoms with E-state index in [2.05, 4.69) is 10.6 Å². The van der Waals surface area contributed by atoms with E-state index in [9.17, 15) is 22.8 Å². The highest BCUT2D eigenvalue weighted by Gasteiger charge is 2.33. The van der Waals surface area contributed by atoms with Gasteiger partial charge in [-0.15, -0.1) is 0 Å². The molecule has 2 aromatic carbocycles. The highest BCUT2D eigenvalue weighted by Crippen LogP contribution is 2.34. The molecule has 156 valence electrons. The van der Waals surface area contributed by atoms with E-state index in [4.69, 9.17) is 0 Å². The van der Waals surface area contributed by atoms with Crippen molar-refractivity contribution in [1.82, 2.24) is 0 Å². The number of carbonyl (C=O) groups is 2. The number of benzene rings is 2. The zero-order chi connectivity index (χ0) is 21.6. The van der Waals surface area contributed by atoms with Crippen molar-refractivity contribution in [3.05, 3.63) is 59.2 Å². The minimum Gasteiger partial charge on any atom is -0.321 e. The molecule has 2 amide bonds. The third kappa shape index (κ3) is 6.90. The summed E-state index contributed by atoms with van der Waals surface area (Å²) >= 11 is 0. The second-order valence-corrected chi connectivity index (χ2v) is 6.97. The third-order valence-electron chi connectivity index (χ3n) is 4.33. The minimum absolute atomic E-state index is 0.0256. The van der Waals surface area contributed by atoms with E-state index in [0.29, 0.717) is 17.1 Å². The summed E-state index contributed by atoms with van der Waals surface area (Å²) in [5.41, 5.74) is 1.51. The van der Waals surface area contributed by atoms with Crippen molar-refractivity contribution in [2.24, 2.45) is 0 Å². The van der Waals surface area contributed by atoms with Crippen LogP contribution < -0.4 is 15.5 Å². The van der Waals surface area contributed by atoms with Gasteiger partial charge in [0, 0.05) is 5.69 Å². The summed E-state index contributed by atoms with van der Waals surface area (Å²) in [5.74, 6) is -0.854. The van der Waals surface area contributed by atoms with Gasteiger partial charge in [0.05, 0.1) is 17.8 Å². The van der Waals surface area contributed by atoms with Crippen molar-refractivity contribution in [2.45, 2.75) is 26.9 Å². The molecule has 29 heavy (non-hydrogen) atoms. The van der Waals surface area contributed by atoms with Gasteiger partial charge in [0.2, 0.25) is 0 Å². The first kappa shape index (κ1) is 22.4. The number of para-hydroxylation sites is 1. The molecule has 2 aromatic rings. The molecule has 0 bridgehead atoms. The average molecular weight is 408 g/mol. The van der Waals surface area contributed by atoms with E-state index < -0.39 is 17.6 Å². The Kier molecular flexibility index (Phi) is 7.39. The summed E-state index contributed by atoms with van der Waals surface area (Å²) in [6.07, 6.45) is -4.56. The van der Waals surface area contributed by atoms with Crippen LogP contribution in [0.25, 0.3) is 0 Å². The number of rotatable bonds is 7. The lowest BCUT2D eigenvalue weighted by Crippen LogP contribution is -3.13. The highest BCUT2D eigenvalue weighted by molar-refractivity contribution is 5.93. The fourth-order valence-electron chi connectivity index (χ4n) is 3.05. The second-order valence-electron chi connectivity index (χ2n) is 6.97. The molecule has 8 heteroatoms. The van der Waals surface area contributed by atoms with E-state index in [1.165, 1.54) is 18.2 Å². The normalized spacial score (nSPS) is 12.3. The molecule has 0 aromatic heterocycles. The molecule has 0 radical (unpaired) electrons. The van der Waals surface area contributed by atoms with Gasteiger partial charge in [-0.3, -0.25) is 9.59 Å². The fourth-order valence-corrected chi connectivity index (χ4v) is 3.05. The maximum absolute atomic E-state index is 13.1. The van der Waals surface area contributed by atoms with Gasteiger partial charge in [-0.2, -0.15) is 13.2 Å². The molecule has 3 N–H and O–H groups in total. The van der Waals surface area contributed by atoms with E-state index in [1.807, 2.05) is 32.0 Å². The van der Waals surface area contributed by atoms with Crippen molar-refractivity contribution in [3.63, 3.8) is 0 Å². The number of alkyl halides is 3. The second kappa shape index (κ2) is 9.56. The van der Waals surface area contributed by atoms with Crippen LogP contribution >= 0.6 is 0 Å². The van der Waals surface area contributed by atoms with Crippen LogP contribution in [0.3, 0.4) is 0 Å². The van der Waals surface area contributed by atoms with Gasteiger partial charge >= 0.3 is 6.18 Å². The van der Waals surface area contributed by atoms with Crippen molar-refractivity contribution in [2.75, 3.05) is 30.3 Å². The largest absolute Gasteiger partial charge is 0.418 e. The van der Waals surface area contributed by atoms with Gasteiger partial charge in [0.25, 0.3) is 11.8 Å². The number of nitrogens with one attached hydrogen (secondary N) is 3. The Morgan fingerprint density at radius 2 is 1.48 bits per heavy atom. The van der Waals surface area contributed by atoms with Gasteiger partial charge in [0.15, 0.2) is 13.1 Å². The lowest BCUT2D eigenvalue weighted by Gasteiger charge is -2.18. The molecule has 0 heterocycles. The Bertz CT molecular complexity index is 861. The van der Waals surface area contributed by atoms with Gasteiger partial charge in [-0.05, 0) is 56.2 Å². The Morgan fingerprint density at radius 1 is 0.931 bits per heavy atom. The minimum atomic E-state index is -4.56. The molecule has 0 fully saturated rings. The third-order valence-corrected chi connectivity index (χ3v) is 4.33. The molecule has 0 saturated heterocycles. The Balaban J connectivity index is 1.97. The lowest BCUT2D eigenvalue weighted by molar-refractivity contribution is -0.881. The van der Waals surface area contributed by atoms with E-state index >= 15 is 0 Å². The number of anilines is 2. The smallest absolute Gasteiger partial charge is 0.321 e. The quantitative estimate of drug-likeness (QED) is 0.660. The SMILES string of the molecule is CC[NH+](CC(=O)Nc1cc(C)cc(C)c1)CC(=O)Nc1ccccc1C(F)(F)F. The Morgan fingerprint density at radius 3 is 2.03 bits per heavy atom. The van der Waals surface area contributed by atoms with Gasteiger partial charge in [-0.1, -0.05) is 18.2 Å². The number of halogens is 3. The number of amides is 2. The van der Waals surface area contributed by atoms with Crippen LogP contribution in [0.1, 0.15) is 23.6 Å². The molecule has 5 nitrogen and oxygen atoms in total. The number of hydrogen-bond acceptors (Lipinski definition) is 2. The summed E-state index contributed by atoms with van der Waals surface area (Å²) in [5, 5.41) is 5.11. The fraction of sp³-hybridized carbons (Fsp3) is 0.333. The molecular weight excluding hydrogens is 383 g/mol. The molecule has 0 aliphatic rings. The van der Waals surface area contributed by atoms with Crippen LogP contribution in [0, 0.1) is 13.8 Å². The molecule has 2 rings (SSSR count). The predicted molar refractivity (Wildman–Crippen MR) is 106 cm³/mol. The number of aryl methyl sites for hydroxylation is 2. The van der Waals surface area contributed by atoms with Crippen LogP contribution in [0.5, 0.6) is 0 Å². The lowest BCUT2D eigenvalue weighted by atomic mass is 10.1. The van der Waals surface area contributed by atoms with Crippen molar-refractivity contribution in [1.29, 1.82) is 0 Å². The van der Waals surface area contributed by atoms with E-state index in [0.717, 1.165) is 17.2 Å². The summed E-state index contributed by atoms with van der Waals surface area (Å²) in [7, 11) is 0. The van der Waals surface area contributed by atoms with Gasteiger partial charge in [-0.25, -0.2) is 0 Å². The Labute approximate surface area is 167 Å². The first-order valence-corrected chi connectivity index (χ1v) is 9.26. The zero-order valence-electron chi connectivity index (χ0n) is 16.6. The van der Waals surface area contributed by atoms with E-state index in [1.54, 1.807) is 6.92 Å². The average Bonchev–Trinajstić information content (AvgIpc) is 2.59. The summed E-state index contributed by atoms with van der Waals surface area (Å²) < 4.78 is 39.2. The first-order chi connectivity index (χ1) is 13.6. The number of hydrogen-bond donors (Lipinski definition) is 3. The van der Waals surface area contributed by atoms with Crippen LogP contribution in [-0.4, -0.2) is 31.4 Å². The van der Waals surface area contributed by atoms with Crippen molar-refractivity contribution < 1.29 is 27.7 Å². The van der Waals surface area contributed by atoms with Crippen LogP contribution in [-0.2, 0) is 15.8 Å². The van der Waals surface area contributed by atoms with Gasteiger partial charge in [0.1, 0.15) is 0 Å². The summed E-state index contributed by atoms with van der Waals surface area (Å²) in [6, 6.07) is 10.5. The van der Waals surface area contributed by atoms with Crippen LogP contribution in [0.4, 0.5) is 24.5 Å². The van der Waals surface area contributed by atoms with Crippen LogP contribution in [0.15, 0.2) is 42.5 Å². The van der Waals surface area contributed by atoms with Crippen molar-refractivity contribution >= 4 is 23.2 Å². The molecule has 1 unspecified atom stereocenters. The highest BCUT2D eigenvalue weighted by atomic mass is 19.4. The first-order valence-electron chi connectivity index (χ1n) is 9.26. The maximum atomic E-state index is 13.1. The number of carbonyl (C=O) groups excluding carboxylic acids is 2. The number of quaternary nitrogens is 1. The van der Waals surface area contributed by atoms with Gasteiger partial charge < -0.3 is 15.5 Å². The van der Waals surface area contributed by atoms with Crippen molar-refractivity contribution in [3.8, 4) is 0 Å². The summed E-state index contributed by atoms with van der Waals surface area (Å²) in [6.45, 7) is 6.02. The molecule has 0 aliphatic carbocycles. The standard InChI is InChI=1S/C21H24F3N3O2/c1-4-27(12-19(28)25-16-10-14(2)9-15(3)11-16)13-20(29)26-18-8-6-5-7-17(18)21(22,23)24/h5-11H,4,12-13H2,1-3H3,(H,25,28)(H,26,29)/p+1.